The van der Waals surface area contributed by atoms with Gasteiger partial charge in [0.05, 0.1) is 0 Å². The molecule has 3 heteroatoms. The monoisotopic (exact) mass is 351 g/mol. The van der Waals surface area contributed by atoms with Crippen LogP contribution in [0.4, 0.5) is 0 Å². The molecule has 2 aromatic rings. The Morgan fingerprint density at radius 3 is 2.65 bits per heavy atom. The number of halogens is 2. The molecule has 0 bridgehead atoms. The summed E-state index contributed by atoms with van der Waals surface area (Å²) in [6.45, 7) is 5.24. The number of rotatable bonds is 5. The fourth-order valence-electron chi connectivity index (χ4n) is 2.47. The fourth-order valence-corrected chi connectivity index (χ4v) is 3.16. The molecule has 0 heterocycles. The first-order valence-electron chi connectivity index (χ1n) is 6.84. The van der Waals surface area contributed by atoms with Crippen LogP contribution in [0.25, 0.3) is 0 Å². The van der Waals surface area contributed by atoms with Crippen LogP contribution in [0.1, 0.15) is 29.7 Å². The second kappa shape index (κ2) is 7.26. The van der Waals surface area contributed by atoms with E-state index in [-0.39, 0.29) is 0 Å². The Kier molecular flexibility index (Phi) is 5.64. The van der Waals surface area contributed by atoms with Gasteiger partial charge in [-0.1, -0.05) is 52.7 Å². The maximum absolute atomic E-state index is 6.08. The van der Waals surface area contributed by atoms with Crippen LogP contribution in [0, 0.1) is 6.92 Å². The van der Waals surface area contributed by atoms with Gasteiger partial charge in [-0.2, -0.15) is 0 Å². The quantitative estimate of drug-likeness (QED) is 0.769. The van der Waals surface area contributed by atoms with Gasteiger partial charge in [0.25, 0.3) is 0 Å². The highest BCUT2D eigenvalue weighted by molar-refractivity contribution is 9.10. The van der Waals surface area contributed by atoms with Crippen molar-refractivity contribution in [3.8, 4) is 0 Å². The Morgan fingerprint density at radius 1 is 1.20 bits per heavy atom. The zero-order valence-electron chi connectivity index (χ0n) is 11.8. The number of benzene rings is 2. The van der Waals surface area contributed by atoms with Gasteiger partial charge in [0.2, 0.25) is 0 Å². The van der Waals surface area contributed by atoms with Crippen molar-refractivity contribution in [2.75, 3.05) is 6.54 Å². The van der Waals surface area contributed by atoms with Crippen LogP contribution in [-0.2, 0) is 6.42 Å². The Labute approximate surface area is 134 Å². The van der Waals surface area contributed by atoms with Crippen LogP contribution in [0.3, 0.4) is 0 Å². The summed E-state index contributed by atoms with van der Waals surface area (Å²) in [6.07, 6.45) is 0.941. The number of aryl methyl sites for hydroxylation is 1. The lowest BCUT2D eigenvalue weighted by Gasteiger charge is -2.21. The van der Waals surface area contributed by atoms with E-state index in [2.05, 4.69) is 59.4 Å². The molecule has 0 spiro atoms. The molecule has 0 aliphatic heterocycles. The van der Waals surface area contributed by atoms with E-state index in [1.807, 2.05) is 18.2 Å². The molecule has 20 heavy (non-hydrogen) atoms. The van der Waals surface area contributed by atoms with E-state index < -0.39 is 0 Å². The normalized spacial score (nSPS) is 12.4. The zero-order chi connectivity index (χ0) is 14.5. The van der Waals surface area contributed by atoms with Crippen molar-refractivity contribution < 1.29 is 0 Å². The summed E-state index contributed by atoms with van der Waals surface area (Å²) in [4.78, 5) is 0. The molecule has 0 aliphatic carbocycles. The highest BCUT2D eigenvalue weighted by atomic mass is 79.9. The van der Waals surface area contributed by atoms with Crippen LogP contribution in [-0.4, -0.2) is 6.54 Å². The van der Waals surface area contributed by atoms with Gasteiger partial charge >= 0.3 is 0 Å². The average molecular weight is 353 g/mol. The minimum Gasteiger partial charge on any atom is -0.310 e. The van der Waals surface area contributed by atoms with Gasteiger partial charge in [-0.3, -0.25) is 0 Å². The molecule has 0 saturated heterocycles. The molecule has 1 atom stereocenters. The molecule has 0 aromatic heterocycles. The minimum absolute atomic E-state index is 0.312. The number of hydrogen-bond donors (Lipinski definition) is 1. The van der Waals surface area contributed by atoms with E-state index in [4.69, 9.17) is 11.6 Å². The highest BCUT2D eigenvalue weighted by Gasteiger charge is 2.13. The van der Waals surface area contributed by atoms with Crippen molar-refractivity contribution >= 4 is 27.5 Å². The summed E-state index contributed by atoms with van der Waals surface area (Å²) in [6, 6.07) is 14.9. The first-order chi connectivity index (χ1) is 9.60. The maximum atomic E-state index is 6.08. The molecule has 2 rings (SSSR count). The number of likely N-dealkylation sites (N-methyl/N-ethyl adjacent to an activating group) is 1. The average Bonchev–Trinajstić information content (AvgIpc) is 2.38. The van der Waals surface area contributed by atoms with E-state index in [0.717, 1.165) is 22.5 Å². The summed E-state index contributed by atoms with van der Waals surface area (Å²) < 4.78 is 1.12. The van der Waals surface area contributed by atoms with Gasteiger partial charge in [0.1, 0.15) is 0 Å². The summed E-state index contributed by atoms with van der Waals surface area (Å²) in [7, 11) is 0. The molecule has 1 unspecified atom stereocenters. The van der Waals surface area contributed by atoms with Crippen molar-refractivity contribution in [2.45, 2.75) is 26.3 Å². The van der Waals surface area contributed by atoms with E-state index in [9.17, 15) is 0 Å². The van der Waals surface area contributed by atoms with Crippen molar-refractivity contribution in [1.29, 1.82) is 0 Å². The van der Waals surface area contributed by atoms with Crippen LogP contribution >= 0.6 is 27.5 Å². The van der Waals surface area contributed by atoms with Crippen molar-refractivity contribution in [3.63, 3.8) is 0 Å². The second-order valence-electron chi connectivity index (χ2n) is 4.95. The van der Waals surface area contributed by atoms with Crippen LogP contribution in [0.15, 0.2) is 46.9 Å². The van der Waals surface area contributed by atoms with Gasteiger partial charge < -0.3 is 5.32 Å². The van der Waals surface area contributed by atoms with E-state index >= 15 is 0 Å². The van der Waals surface area contributed by atoms with Crippen LogP contribution < -0.4 is 5.32 Å². The van der Waals surface area contributed by atoms with Gasteiger partial charge in [0.15, 0.2) is 0 Å². The van der Waals surface area contributed by atoms with Crippen molar-refractivity contribution in [3.05, 3.63) is 68.7 Å². The Hall–Kier alpha value is -0.830. The van der Waals surface area contributed by atoms with E-state index in [1.165, 1.54) is 16.7 Å². The molecule has 0 aliphatic rings. The van der Waals surface area contributed by atoms with Crippen LogP contribution in [0.2, 0.25) is 5.02 Å². The van der Waals surface area contributed by atoms with Gasteiger partial charge in [0, 0.05) is 15.5 Å². The number of nitrogens with one attached hydrogen (secondary N) is 1. The third kappa shape index (κ3) is 4.08. The van der Waals surface area contributed by atoms with E-state index in [0.29, 0.717) is 6.04 Å². The van der Waals surface area contributed by atoms with Crippen molar-refractivity contribution in [1.82, 2.24) is 5.32 Å². The summed E-state index contributed by atoms with van der Waals surface area (Å²) in [5, 5.41) is 4.37. The minimum atomic E-state index is 0.312. The van der Waals surface area contributed by atoms with Gasteiger partial charge in [-0.05, 0) is 60.8 Å². The first kappa shape index (κ1) is 15.6. The molecule has 0 saturated carbocycles. The Morgan fingerprint density at radius 2 is 2.00 bits per heavy atom. The molecule has 1 nitrogen and oxygen atoms in total. The lowest BCUT2D eigenvalue weighted by Crippen LogP contribution is -2.23. The second-order valence-corrected chi connectivity index (χ2v) is 6.30. The SMILES string of the molecule is CCNC(Cc1cccc(Cl)c1)c1ccc(Br)cc1C. The third-order valence-electron chi connectivity index (χ3n) is 3.39. The van der Waals surface area contributed by atoms with E-state index in [1.54, 1.807) is 0 Å². The number of hydrogen-bond acceptors (Lipinski definition) is 1. The summed E-state index contributed by atoms with van der Waals surface area (Å²) in [5.74, 6) is 0. The largest absolute Gasteiger partial charge is 0.310 e. The smallest absolute Gasteiger partial charge is 0.0408 e. The highest BCUT2D eigenvalue weighted by Crippen LogP contribution is 2.25. The van der Waals surface area contributed by atoms with Crippen molar-refractivity contribution in [2.24, 2.45) is 0 Å². The standard InChI is InChI=1S/C17H19BrClN/c1-3-20-17(11-13-5-4-6-15(19)10-13)16-8-7-14(18)9-12(16)2/h4-10,17,20H,3,11H2,1-2H3. The molecular formula is C17H19BrClN. The molecule has 0 amide bonds. The topological polar surface area (TPSA) is 12.0 Å². The molecule has 0 fully saturated rings. The Bertz CT molecular complexity index is 583. The molecule has 106 valence electrons. The molecule has 2 aromatic carbocycles. The molecular weight excluding hydrogens is 334 g/mol. The van der Waals surface area contributed by atoms with Crippen LogP contribution in [0.5, 0.6) is 0 Å². The fraction of sp³-hybridized carbons (Fsp3) is 0.294. The lowest BCUT2D eigenvalue weighted by molar-refractivity contribution is 0.547. The maximum Gasteiger partial charge on any atom is 0.0408 e. The molecule has 1 N–H and O–H groups in total. The summed E-state index contributed by atoms with van der Waals surface area (Å²) >= 11 is 9.60. The molecule has 0 radical (unpaired) electrons. The first-order valence-corrected chi connectivity index (χ1v) is 8.01. The predicted octanol–water partition coefficient (Wildman–Crippen LogP) is 5.30. The summed E-state index contributed by atoms with van der Waals surface area (Å²) in [5.41, 5.74) is 3.90. The van der Waals surface area contributed by atoms with Gasteiger partial charge in [-0.25, -0.2) is 0 Å². The van der Waals surface area contributed by atoms with Gasteiger partial charge in [-0.15, -0.1) is 0 Å². The Balaban J connectivity index is 2.26. The third-order valence-corrected chi connectivity index (χ3v) is 4.11. The zero-order valence-corrected chi connectivity index (χ0v) is 14.1. The predicted molar refractivity (Wildman–Crippen MR) is 90.5 cm³/mol. The lowest BCUT2D eigenvalue weighted by atomic mass is 9.95.